The van der Waals surface area contributed by atoms with Crippen molar-refractivity contribution in [1.82, 2.24) is 9.80 Å². The normalized spacial score (nSPS) is 13.1. The molecule has 124 valence electrons. The van der Waals surface area contributed by atoms with E-state index < -0.39 is 11.6 Å². The van der Waals surface area contributed by atoms with Crippen LogP contribution in [-0.4, -0.2) is 60.5 Å². The molecule has 0 saturated heterocycles. The molecule has 0 radical (unpaired) electrons. The van der Waals surface area contributed by atoms with Gasteiger partial charge in [0.25, 0.3) is 0 Å². The van der Waals surface area contributed by atoms with Crippen molar-refractivity contribution in [2.75, 3.05) is 27.2 Å². The molecule has 0 aliphatic carbocycles. The lowest BCUT2D eigenvalue weighted by Gasteiger charge is -2.32. The summed E-state index contributed by atoms with van der Waals surface area (Å²) in [5, 5.41) is 0. The number of ether oxygens (including phenoxy) is 1. The molecule has 0 aromatic carbocycles. The van der Waals surface area contributed by atoms with Crippen LogP contribution in [0, 0.1) is 0 Å². The summed E-state index contributed by atoms with van der Waals surface area (Å²) >= 11 is 0. The van der Waals surface area contributed by atoms with Crippen molar-refractivity contribution in [3.8, 4) is 0 Å². The first kappa shape index (κ1) is 19.9. The van der Waals surface area contributed by atoms with Crippen molar-refractivity contribution in [2.45, 2.75) is 65.5 Å². The third-order valence-electron chi connectivity index (χ3n) is 2.97. The van der Waals surface area contributed by atoms with Gasteiger partial charge in [0.15, 0.2) is 0 Å². The number of amides is 1. The Hall–Kier alpha value is -1.10. The molecule has 0 saturated carbocycles. The number of rotatable bonds is 8. The molecule has 0 unspecified atom stereocenters. The maximum atomic E-state index is 12.4. The van der Waals surface area contributed by atoms with E-state index in [0.717, 1.165) is 25.9 Å². The summed E-state index contributed by atoms with van der Waals surface area (Å²) in [4.78, 5) is 28.1. The number of esters is 1. The summed E-state index contributed by atoms with van der Waals surface area (Å²) < 4.78 is 5.37. The van der Waals surface area contributed by atoms with Gasteiger partial charge >= 0.3 is 5.97 Å². The van der Waals surface area contributed by atoms with E-state index in [1.807, 2.05) is 20.8 Å². The van der Waals surface area contributed by atoms with Crippen LogP contribution < -0.4 is 0 Å². The summed E-state index contributed by atoms with van der Waals surface area (Å²) in [6, 6.07) is -0.435. The molecule has 0 fully saturated rings. The first-order valence-corrected chi connectivity index (χ1v) is 7.79. The molecule has 0 N–H and O–H groups in total. The predicted molar refractivity (Wildman–Crippen MR) is 85.1 cm³/mol. The SMILES string of the molecule is CCCN(CCC)[C@@H](CC(=O)OC(C)(C)C)C(=O)N(C)C. The Balaban J connectivity index is 5.03. The van der Waals surface area contributed by atoms with E-state index in [9.17, 15) is 9.59 Å². The first-order valence-electron chi connectivity index (χ1n) is 7.79. The molecule has 0 aliphatic rings. The quantitative estimate of drug-likeness (QED) is 0.645. The molecule has 0 aromatic heterocycles. The first-order chi connectivity index (χ1) is 9.62. The largest absolute Gasteiger partial charge is 0.460 e. The van der Waals surface area contributed by atoms with Crippen molar-refractivity contribution in [1.29, 1.82) is 0 Å². The molecule has 21 heavy (non-hydrogen) atoms. The number of hydrogen-bond acceptors (Lipinski definition) is 4. The van der Waals surface area contributed by atoms with Gasteiger partial charge in [-0.05, 0) is 46.7 Å². The summed E-state index contributed by atoms with van der Waals surface area (Å²) in [6.07, 6.45) is 2.01. The van der Waals surface area contributed by atoms with Crippen LogP contribution >= 0.6 is 0 Å². The van der Waals surface area contributed by atoms with E-state index in [0.29, 0.717) is 0 Å². The molecule has 1 atom stereocenters. The third kappa shape index (κ3) is 8.05. The van der Waals surface area contributed by atoms with Gasteiger partial charge in [-0.3, -0.25) is 14.5 Å². The summed E-state index contributed by atoms with van der Waals surface area (Å²) in [5.74, 6) is -0.359. The molecule has 0 bridgehead atoms. The zero-order valence-corrected chi connectivity index (χ0v) is 14.7. The molecule has 0 aromatic rings. The van der Waals surface area contributed by atoms with E-state index in [4.69, 9.17) is 4.74 Å². The van der Waals surface area contributed by atoms with Gasteiger partial charge in [-0.1, -0.05) is 13.8 Å². The van der Waals surface area contributed by atoms with Crippen molar-refractivity contribution < 1.29 is 14.3 Å². The fraction of sp³-hybridized carbons (Fsp3) is 0.875. The van der Waals surface area contributed by atoms with Crippen LogP contribution in [0.2, 0.25) is 0 Å². The third-order valence-corrected chi connectivity index (χ3v) is 2.97. The van der Waals surface area contributed by atoms with Crippen LogP contribution in [0.3, 0.4) is 0 Å². The summed E-state index contributed by atoms with van der Waals surface area (Å²) in [6.45, 7) is 11.3. The highest BCUT2D eigenvalue weighted by Gasteiger charge is 2.30. The molecular weight excluding hydrogens is 268 g/mol. The van der Waals surface area contributed by atoms with Crippen LogP contribution in [0.1, 0.15) is 53.9 Å². The van der Waals surface area contributed by atoms with E-state index in [-0.39, 0.29) is 18.3 Å². The second kappa shape index (κ2) is 9.03. The van der Waals surface area contributed by atoms with Gasteiger partial charge in [0.05, 0.1) is 12.5 Å². The Bertz CT molecular complexity index is 329. The average Bonchev–Trinajstić information content (AvgIpc) is 2.32. The van der Waals surface area contributed by atoms with Gasteiger partial charge < -0.3 is 9.64 Å². The second-order valence-corrected chi connectivity index (χ2v) is 6.57. The van der Waals surface area contributed by atoms with Crippen molar-refractivity contribution in [2.24, 2.45) is 0 Å². The lowest BCUT2D eigenvalue weighted by Crippen LogP contribution is -2.48. The average molecular weight is 300 g/mol. The Labute approximate surface area is 129 Å². The monoisotopic (exact) mass is 300 g/mol. The number of carbonyl (C=O) groups is 2. The highest BCUT2D eigenvalue weighted by Crippen LogP contribution is 2.14. The highest BCUT2D eigenvalue weighted by atomic mass is 16.6. The minimum absolute atomic E-state index is 0.0391. The van der Waals surface area contributed by atoms with E-state index >= 15 is 0 Å². The second-order valence-electron chi connectivity index (χ2n) is 6.57. The van der Waals surface area contributed by atoms with Crippen molar-refractivity contribution in [3.63, 3.8) is 0 Å². The van der Waals surface area contributed by atoms with Gasteiger partial charge in [-0.25, -0.2) is 0 Å². The van der Waals surface area contributed by atoms with Crippen LogP contribution in [0.5, 0.6) is 0 Å². The minimum atomic E-state index is -0.525. The highest BCUT2D eigenvalue weighted by molar-refractivity contribution is 5.86. The Morgan fingerprint density at radius 3 is 1.86 bits per heavy atom. The summed E-state index contributed by atoms with van der Waals surface area (Å²) in [7, 11) is 3.45. The number of carbonyl (C=O) groups excluding carboxylic acids is 2. The maximum absolute atomic E-state index is 12.4. The van der Waals surface area contributed by atoms with Gasteiger partial charge in [-0.15, -0.1) is 0 Å². The molecule has 1 amide bonds. The van der Waals surface area contributed by atoms with E-state index in [1.54, 1.807) is 19.0 Å². The Morgan fingerprint density at radius 1 is 1.05 bits per heavy atom. The van der Waals surface area contributed by atoms with Crippen molar-refractivity contribution in [3.05, 3.63) is 0 Å². The maximum Gasteiger partial charge on any atom is 0.308 e. The molecular formula is C16H32N2O3. The standard InChI is InChI=1S/C16H32N2O3/c1-8-10-18(11-9-2)13(15(20)17(6)7)12-14(19)21-16(3,4)5/h13H,8-12H2,1-7H3/t13-/m0/s1. The smallest absolute Gasteiger partial charge is 0.308 e. The molecule has 0 heterocycles. The van der Waals surface area contributed by atoms with Crippen LogP contribution in [0.25, 0.3) is 0 Å². The van der Waals surface area contributed by atoms with Gasteiger partial charge in [-0.2, -0.15) is 0 Å². The lowest BCUT2D eigenvalue weighted by molar-refractivity contribution is -0.158. The van der Waals surface area contributed by atoms with Gasteiger partial charge in [0, 0.05) is 14.1 Å². The van der Waals surface area contributed by atoms with E-state index in [1.165, 1.54) is 0 Å². The summed E-state index contributed by atoms with van der Waals surface area (Å²) in [5.41, 5.74) is -0.525. The van der Waals surface area contributed by atoms with Crippen LogP contribution in [0.4, 0.5) is 0 Å². The number of nitrogens with zero attached hydrogens (tertiary/aromatic N) is 2. The zero-order valence-electron chi connectivity index (χ0n) is 14.7. The van der Waals surface area contributed by atoms with E-state index in [2.05, 4.69) is 18.7 Å². The molecule has 5 nitrogen and oxygen atoms in total. The van der Waals surface area contributed by atoms with Gasteiger partial charge in [0.2, 0.25) is 5.91 Å². The molecule has 0 rings (SSSR count). The minimum Gasteiger partial charge on any atom is -0.460 e. The molecule has 5 heteroatoms. The fourth-order valence-corrected chi connectivity index (χ4v) is 2.21. The van der Waals surface area contributed by atoms with Crippen LogP contribution in [0.15, 0.2) is 0 Å². The Morgan fingerprint density at radius 2 is 1.52 bits per heavy atom. The number of likely N-dealkylation sites (N-methyl/N-ethyl adjacent to an activating group) is 1. The van der Waals surface area contributed by atoms with Crippen molar-refractivity contribution >= 4 is 11.9 Å². The lowest BCUT2D eigenvalue weighted by atomic mass is 10.1. The predicted octanol–water partition coefficient (Wildman–Crippen LogP) is 2.30. The molecule has 0 spiro atoms. The van der Waals surface area contributed by atoms with Gasteiger partial charge in [0.1, 0.15) is 5.60 Å². The fourth-order valence-electron chi connectivity index (χ4n) is 2.21. The molecule has 0 aliphatic heterocycles. The number of hydrogen-bond donors (Lipinski definition) is 0. The Kier molecular flexibility index (Phi) is 8.55. The topological polar surface area (TPSA) is 49.9 Å². The zero-order chi connectivity index (χ0) is 16.6. The van der Waals surface area contributed by atoms with Crippen LogP contribution in [-0.2, 0) is 14.3 Å².